The number of carbonyl (C=O) groups excluding carboxylic acids is 1. The summed E-state index contributed by atoms with van der Waals surface area (Å²) in [5.41, 5.74) is 0.492. The number of hydrogen-bond acceptors (Lipinski definition) is 5. The maximum Gasteiger partial charge on any atom is 0.191 e. The fourth-order valence-electron chi connectivity index (χ4n) is 2.82. The van der Waals surface area contributed by atoms with Crippen LogP contribution >= 0.6 is 23.1 Å². The summed E-state index contributed by atoms with van der Waals surface area (Å²) < 4.78 is 16.2. The Bertz CT molecular complexity index is 903. The fourth-order valence-corrected chi connectivity index (χ4v) is 4.46. The molecule has 4 rings (SSSR count). The van der Waals surface area contributed by atoms with Crippen molar-refractivity contribution in [2.45, 2.75) is 36.9 Å². The lowest BCUT2D eigenvalue weighted by Crippen LogP contribution is -2.02. The van der Waals surface area contributed by atoms with Crippen molar-refractivity contribution >= 4 is 28.9 Å². The smallest absolute Gasteiger partial charge is 0.191 e. The molecule has 0 radical (unpaired) electrons. The molecule has 2 heterocycles. The van der Waals surface area contributed by atoms with E-state index in [9.17, 15) is 9.18 Å². The van der Waals surface area contributed by atoms with Crippen molar-refractivity contribution in [3.05, 3.63) is 52.5 Å². The van der Waals surface area contributed by atoms with Crippen LogP contribution in [0.4, 0.5) is 4.39 Å². The van der Waals surface area contributed by atoms with Crippen LogP contribution in [-0.2, 0) is 0 Å². The SMILES string of the molecule is O=C(CCCSc1nnc(-c2ccccc2F)n1C1CC1)c1cccs1. The van der Waals surface area contributed by atoms with Crippen LogP contribution in [-0.4, -0.2) is 26.3 Å². The van der Waals surface area contributed by atoms with Crippen molar-refractivity contribution < 1.29 is 9.18 Å². The monoisotopic (exact) mass is 387 g/mol. The molecule has 7 heteroatoms. The Morgan fingerprint density at radius 1 is 1.23 bits per heavy atom. The topological polar surface area (TPSA) is 47.8 Å². The molecule has 1 saturated carbocycles. The summed E-state index contributed by atoms with van der Waals surface area (Å²) in [7, 11) is 0. The zero-order valence-electron chi connectivity index (χ0n) is 14.1. The fraction of sp³-hybridized carbons (Fsp3) is 0.316. The first kappa shape index (κ1) is 17.4. The van der Waals surface area contributed by atoms with Crippen molar-refractivity contribution in [3.8, 4) is 11.4 Å². The van der Waals surface area contributed by atoms with Gasteiger partial charge in [0.15, 0.2) is 16.8 Å². The highest BCUT2D eigenvalue weighted by Crippen LogP contribution is 2.41. The maximum atomic E-state index is 14.2. The number of halogens is 1. The first-order chi connectivity index (χ1) is 12.7. The lowest BCUT2D eigenvalue weighted by molar-refractivity contribution is 0.0986. The number of hydrogen-bond donors (Lipinski definition) is 0. The second-order valence-electron chi connectivity index (χ2n) is 6.24. The maximum absolute atomic E-state index is 14.2. The van der Waals surface area contributed by atoms with E-state index in [1.165, 1.54) is 17.4 Å². The van der Waals surface area contributed by atoms with Gasteiger partial charge in [0.05, 0.1) is 10.4 Å². The molecule has 0 atom stereocenters. The number of aromatic nitrogens is 3. The van der Waals surface area contributed by atoms with Crippen molar-refractivity contribution in [3.63, 3.8) is 0 Å². The molecular weight excluding hydrogens is 369 g/mol. The third-order valence-corrected chi connectivity index (χ3v) is 6.21. The third-order valence-electron chi connectivity index (χ3n) is 4.27. The molecule has 0 spiro atoms. The minimum atomic E-state index is -0.278. The Morgan fingerprint density at radius 3 is 2.81 bits per heavy atom. The lowest BCUT2D eigenvalue weighted by atomic mass is 10.2. The quantitative estimate of drug-likeness (QED) is 0.301. The molecule has 1 aromatic carbocycles. The van der Waals surface area contributed by atoms with Gasteiger partial charge >= 0.3 is 0 Å². The zero-order valence-corrected chi connectivity index (χ0v) is 15.7. The summed E-state index contributed by atoms with van der Waals surface area (Å²) in [6, 6.07) is 10.8. The van der Waals surface area contributed by atoms with Gasteiger partial charge in [-0.3, -0.25) is 9.36 Å². The van der Waals surface area contributed by atoms with Gasteiger partial charge in [-0.1, -0.05) is 30.0 Å². The predicted molar refractivity (Wildman–Crippen MR) is 102 cm³/mol. The molecule has 0 unspecified atom stereocenters. The largest absolute Gasteiger partial charge is 0.299 e. The first-order valence-corrected chi connectivity index (χ1v) is 10.5. The highest BCUT2D eigenvalue weighted by atomic mass is 32.2. The molecule has 0 amide bonds. The average Bonchev–Trinajstić information content (AvgIpc) is 3.17. The molecule has 3 aromatic rings. The van der Waals surface area contributed by atoms with Gasteiger partial charge in [-0.2, -0.15) is 0 Å². The van der Waals surface area contributed by atoms with Crippen LogP contribution in [0.25, 0.3) is 11.4 Å². The lowest BCUT2D eigenvalue weighted by Gasteiger charge is -2.09. The Kier molecular flexibility index (Phi) is 5.17. The van der Waals surface area contributed by atoms with Crippen LogP contribution < -0.4 is 0 Å². The van der Waals surface area contributed by atoms with E-state index in [1.54, 1.807) is 23.9 Å². The van der Waals surface area contributed by atoms with E-state index < -0.39 is 0 Å². The van der Waals surface area contributed by atoms with Gasteiger partial charge < -0.3 is 0 Å². The minimum absolute atomic E-state index is 0.191. The number of thiophene rings is 1. The third kappa shape index (κ3) is 3.73. The zero-order chi connectivity index (χ0) is 17.9. The number of benzene rings is 1. The molecule has 0 saturated heterocycles. The van der Waals surface area contributed by atoms with Gasteiger partial charge in [0, 0.05) is 18.2 Å². The number of thioether (sulfide) groups is 1. The number of rotatable bonds is 8. The summed E-state index contributed by atoms with van der Waals surface area (Å²) in [6.45, 7) is 0. The van der Waals surface area contributed by atoms with Gasteiger partial charge in [0.25, 0.3) is 0 Å². The summed E-state index contributed by atoms with van der Waals surface area (Å²) in [5, 5.41) is 11.3. The molecule has 0 aliphatic heterocycles. The van der Waals surface area contributed by atoms with Crippen LogP contribution in [0.2, 0.25) is 0 Å². The van der Waals surface area contributed by atoms with E-state index in [2.05, 4.69) is 14.8 Å². The van der Waals surface area contributed by atoms with Crippen molar-refractivity contribution in [2.75, 3.05) is 5.75 Å². The molecule has 4 nitrogen and oxygen atoms in total. The number of nitrogens with zero attached hydrogens (tertiary/aromatic N) is 3. The highest BCUT2D eigenvalue weighted by molar-refractivity contribution is 7.99. The second kappa shape index (κ2) is 7.72. The standard InChI is InChI=1S/C19H18FN3OS2/c20-15-6-2-1-5-14(15)18-21-22-19(23(18)13-9-10-13)26-12-3-7-16(24)17-8-4-11-25-17/h1-2,4-6,8,11,13H,3,7,9-10,12H2. The Balaban J connectivity index is 1.43. The summed E-state index contributed by atoms with van der Waals surface area (Å²) in [4.78, 5) is 12.9. The number of carbonyl (C=O) groups is 1. The second-order valence-corrected chi connectivity index (χ2v) is 8.25. The Morgan fingerprint density at radius 2 is 2.08 bits per heavy atom. The van der Waals surface area contributed by atoms with Gasteiger partial charge in [-0.15, -0.1) is 21.5 Å². The Hall–Kier alpha value is -1.99. The first-order valence-electron chi connectivity index (χ1n) is 8.63. The van der Waals surface area contributed by atoms with Crippen molar-refractivity contribution in [1.29, 1.82) is 0 Å². The predicted octanol–water partition coefficient (Wildman–Crippen LogP) is 5.24. The molecule has 2 aromatic heterocycles. The van der Waals surface area contributed by atoms with Gasteiger partial charge in [0.2, 0.25) is 0 Å². The van der Waals surface area contributed by atoms with E-state index in [1.807, 2.05) is 23.6 Å². The molecule has 1 aliphatic carbocycles. The molecular formula is C19H18FN3OS2. The molecule has 1 aliphatic rings. The van der Waals surface area contributed by atoms with E-state index >= 15 is 0 Å². The van der Waals surface area contributed by atoms with E-state index in [0.717, 1.165) is 35.0 Å². The van der Waals surface area contributed by atoms with Gasteiger partial charge in [-0.25, -0.2) is 4.39 Å². The van der Waals surface area contributed by atoms with Crippen LogP contribution in [0.3, 0.4) is 0 Å². The summed E-state index contributed by atoms with van der Waals surface area (Å²) >= 11 is 3.08. The molecule has 134 valence electrons. The average molecular weight is 388 g/mol. The Labute approximate surface area is 159 Å². The summed E-state index contributed by atoms with van der Waals surface area (Å²) in [5.74, 6) is 1.30. The van der Waals surface area contributed by atoms with Gasteiger partial charge in [0.1, 0.15) is 5.82 Å². The van der Waals surface area contributed by atoms with E-state index in [-0.39, 0.29) is 11.6 Å². The molecule has 0 N–H and O–H groups in total. The van der Waals surface area contributed by atoms with Crippen LogP contribution in [0, 0.1) is 5.82 Å². The molecule has 1 fully saturated rings. The van der Waals surface area contributed by atoms with Crippen LogP contribution in [0.5, 0.6) is 0 Å². The van der Waals surface area contributed by atoms with Crippen LogP contribution in [0.15, 0.2) is 46.9 Å². The normalized spacial score (nSPS) is 13.9. The van der Waals surface area contributed by atoms with Crippen molar-refractivity contribution in [2.24, 2.45) is 0 Å². The van der Waals surface area contributed by atoms with Crippen LogP contribution in [0.1, 0.15) is 41.4 Å². The molecule has 26 heavy (non-hydrogen) atoms. The van der Waals surface area contributed by atoms with Gasteiger partial charge in [-0.05, 0) is 42.8 Å². The number of Topliss-reactive ketones (excluding diaryl/α,β-unsaturated/α-hetero) is 1. The summed E-state index contributed by atoms with van der Waals surface area (Å²) in [6.07, 6.45) is 3.47. The van der Waals surface area contributed by atoms with Crippen molar-refractivity contribution in [1.82, 2.24) is 14.8 Å². The minimum Gasteiger partial charge on any atom is -0.299 e. The van der Waals surface area contributed by atoms with E-state index in [0.29, 0.717) is 23.9 Å². The van der Waals surface area contributed by atoms with E-state index in [4.69, 9.17) is 0 Å². The molecule has 0 bridgehead atoms. The number of ketones is 1. The highest BCUT2D eigenvalue weighted by Gasteiger charge is 2.30.